The van der Waals surface area contributed by atoms with Crippen molar-refractivity contribution in [2.75, 3.05) is 13.0 Å². The number of rotatable bonds is 3. The minimum Gasteiger partial charge on any atom is -0.507 e. The average molecular weight is 243 g/mol. The summed E-state index contributed by atoms with van der Waals surface area (Å²) < 4.78 is 4.53. The van der Waals surface area contributed by atoms with Gasteiger partial charge in [0.15, 0.2) is 0 Å². The van der Waals surface area contributed by atoms with Gasteiger partial charge in [-0.05, 0) is 12.1 Å². The monoisotopic (exact) mass is 242 g/mol. The number of nitrogens with zero attached hydrogens (tertiary/aromatic N) is 1. The first-order valence-corrected chi connectivity index (χ1v) is 4.93. The maximum absolute atomic E-state index is 11.4. The Balaban J connectivity index is 3.28. The minimum absolute atomic E-state index is 0.0296. The van der Waals surface area contributed by atoms with Crippen molar-refractivity contribution in [3.63, 3.8) is 0 Å². The van der Waals surface area contributed by atoms with E-state index >= 15 is 0 Å². The largest absolute Gasteiger partial charge is 0.507 e. The fourth-order valence-corrected chi connectivity index (χ4v) is 1.18. The molecule has 0 saturated carbocycles. The Morgan fingerprint density at radius 3 is 2.88 bits per heavy atom. The van der Waals surface area contributed by atoms with Crippen molar-refractivity contribution in [3.05, 3.63) is 23.8 Å². The summed E-state index contributed by atoms with van der Waals surface area (Å²) in [7, 11) is 1.22. The number of aliphatic imine (C=N–C) groups is 1. The molecule has 0 heterocycles. The number of hydrogen-bond acceptors (Lipinski definition) is 4. The molecular weight excluding hydrogens is 232 g/mol. The number of nitrogens with two attached hydrogens (primary N) is 1. The predicted octanol–water partition coefficient (Wildman–Crippen LogP) is 1.41. The number of halogens is 1. The normalized spacial score (nSPS) is 11.2. The van der Waals surface area contributed by atoms with Crippen molar-refractivity contribution in [2.45, 2.75) is 0 Å². The first kappa shape index (κ1) is 12.3. The number of benzene rings is 1. The van der Waals surface area contributed by atoms with Crippen LogP contribution in [0.4, 0.5) is 5.69 Å². The molecule has 0 aliphatic heterocycles. The topological polar surface area (TPSA) is 84.9 Å². The van der Waals surface area contributed by atoms with E-state index in [-0.39, 0.29) is 28.7 Å². The number of phenols is 1. The highest BCUT2D eigenvalue weighted by Crippen LogP contribution is 2.28. The molecule has 0 atom stereocenters. The Morgan fingerprint density at radius 1 is 1.62 bits per heavy atom. The van der Waals surface area contributed by atoms with E-state index in [1.54, 1.807) is 6.07 Å². The third-order valence-corrected chi connectivity index (χ3v) is 2.08. The Kier molecular flexibility index (Phi) is 4.13. The Morgan fingerprint density at radius 2 is 2.31 bits per heavy atom. The first-order valence-electron chi connectivity index (χ1n) is 4.39. The summed E-state index contributed by atoms with van der Waals surface area (Å²) in [5.41, 5.74) is 5.65. The fraction of sp³-hybridized carbons (Fsp3) is 0.200. The van der Waals surface area contributed by atoms with Gasteiger partial charge in [0, 0.05) is 0 Å². The number of ether oxygens (including phenoxy) is 1. The van der Waals surface area contributed by atoms with Gasteiger partial charge in [0.25, 0.3) is 0 Å². The van der Waals surface area contributed by atoms with E-state index in [1.165, 1.54) is 19.2 Å². The summed E-state index contributed by atoms with van der Waals surface area (Å²) in [6.07, 6.45) is 0. The number of esters is 1. The van der Waals surface area contributed by atoms with Gasteiger partial charge in [-0.25, -0.2) is 9.79 Å². The summed E-state index contributed by atoms with van der Waals surface area (Å²) in [6, 6.07) is 4.44. The van der Waals surface area contributed by atoms with Gasteiger partial charge in [0.2, 0.25) is 0 Å². The highest BCUT2D eigenvalue weighted by atomic mass is 35.5. The molecule has 0 saturated heterocycles. The molecule has 0 aliphatic rings. The fourth-order valence-electron chi connectivity index (χ4n) is 1.12. The lowest BCUT2D eigenvalue weighted by Gasteiger charge is -2.06. The van der Waals surface area contributed by atoms with Crippen molar-refractivity contribution < 1.29 is 14.6 Å². The Labute approximate surface area is 97.5 Å². The van der Waals surface area contributed by atoms with E-state index in [0.29, 0.717) is 0 Å². The molecule has 6 heteroatoms. The van der Waals surface area contributed by atoms with E-state index in [9.17, 15) is 9.90 Å². The zero-order valence-corrected chi connectivity index (χ0v) is 9.36. The maximum atomic E-state index is 11.4. The smallest absolute Gasteiger partial charge is 0.343 e. The van der Waals surface area contributed by atoms with Crippen LogP contribution in [0.1, 0.15) is 10.4 Å². The number of methoxy groups -OCH3 is 1. The lowest BCUT2D eigenvalue weighted by molar-refractivity contribution is 0.0598. The van der Waals surface area contributed by atoms with Crippen LogP contribution in [0.15, 0.2) is 23.2 Å². The van der Waals surface area contributed by atoms with Crippen LogP contribution in [-0.4, -0.2) is 29.9 Å². The first-order chi connectivity index (χ1) is 7.60. The Bertz CT molecular complexity index is 432. The van der Waals surface area contributed by atoms with Crippen LogP contribution in [0.3, 0.4) is 0 Å². The van der Waals surface area contributed by atoms with Crippen LogP contribution < -0.4 is 5.73 Å². The molecule has 1 aromatic carbocycles. The predicted molar refractivity (Wildman–Crippen MR) is 61.4 cm³/mol. The van der Waals surface area contributed by atoms with Crippen LogP contribution in [-0.2, 0) is 4.74 Å². The molecule has 1 aromatic rings. The van der Waals surface area contributed by atoms with Gasteiger partial charge in [-0.15, -0.1) is 11.6 Å². The molecule has 5 nitrogen and oxygen atoms in total. The maximum Gasteiger partial charge on any atom is 0.343 e. The number of amidine groups is 1. The van der Waals surface area contributed by atoms with Crippen molar-refractivity contribution >= 4 is 29.1 Å². The summed E-state index contributed by atoms with van der Waals surface area (Å²) in [5, 5.41) is 9.53. The van der Waals surface area contributed by atoms with Crippen LogP contribution in [0.2, 0.25) is 0 Å². The van der Waals surface area contributed by atoms with Crippen LogP contribution in [0.5, 0.6) is 5.75 Å². The van der Waals surface area contributed by atoms with Crippen LogP contribution in [0.25, 0.3) is 0 Å². The van der Waals surface area contributed by atoms with Gasteiger partial charge in [0.1, 0.15) is 17.1 Å². The number of phenolic OH excluding ortho intramolecular Hbond substituents is 1. The molecule has 3 N–H and O–H groups in total. The van der Waals surface area contributed by atoms with Gasteiger partial charge in [0.05, 0.1) is 18.7 Å². The third kappa shape index (κ3) is 2.64. The standard InChI is InChI=1S/C10H11ClN2O3/c1-16-10(15)9-6(13-8(12)5-11)3-2-4-7(9)14/h2-4,14H,5H2,1H3,(H2,12,13). The highest BCUT2D eigenvalue weighted by molar-refractivity contribution is 6.28. The molecule has 16 heavy (non-hydrogen) atoms. The Hall–Kier alpha value is -1.75. The highest BCUT2D eigenvalue weighted by Gasteiger charge is 2.16. The zero-order chi connectivity index (χ0) is 12.1. The van der Waals surface area contributed by atoms with E-state index in [1.807, 2.05) is 0 Å². The molecule has 0 spiro atoms. The summed E-state index contributed by atoms with van der Waals surface area (Å²) in [6.45, 7) is 0. The second-order valence-corrected chi connectivity index (χ2v) is 3.17. The molecular formula is C10H11ClN2O3. The summed E-state index contributed by atoms with van der Waals surface area (Å²) in [4.78, 5) is 15.3. The number of aromatic hydroxyl groups is 1. The van der Waals surface area contributed by atoms with Gasteiger partial charge in [-0.3, -0.25) is 0 Å². The quantitative estimate of drug-likeness (QED) is 0.363. The lowest BCUT2D eigenvalue weighted by Crippen LogP contribution is -2.13. The van der Waals surface area contributed by atoms with Gasteiger partial charge < -0.3 is 15.6 Å². The number of carbonyl (C=O) groups excluding carboxylic acids is 1. The van der Waals surface area contributed by atoms with Crippen molar-refractivity contribution in [2.24, 2.45) is 10.7 Å². The molecule has 1 rings (SSSR count). The second kappa shape index (κ2) is 5.37. The molecule has 0 amide bonds. The molecule has 0 unspecified atom stereocenters. The second-order valence-electron chi connectivity index (χ2n) is 2.90. The van der Waals surface area contributed by atoms with Crippen molar-refractivity contribution in [3.8, 4) is 5.75 Å². The van der Waals surface area contributed by atoms with Gasteiger partial charge in [-0.1, -0.05) is 6.07 Å². The lowest BCUT2D eigenvalue weighted by atomic mass is 10.1. The molecule has 86 valence electrons. The van der Waals surface area contributed by atoms with Crippen LogP contribution >= 0.6 is 11.6 Å². The summed E-state index contributed by atoms with van der Waals surface area (Å²) >= 11 is 5.47. The van der Waals surface area contributed by atoms with E-state index in [4.69, 9.17) is 17.3 Å². The zero-order valence-electron chi connectivity index (χ0n) is 8.61. The average Bonchev–Trinajstić information content (AvgIpc) is 2.28. The minimum atomic E-state index is -0.681. The molecule has 0 aromatic heterocycles. The SMILES string of the molecule is COC(=O)c1c(O)cccc1N=C(N)CCl. The van der Waals surface area contributed by atoms with Crippen molar-refractivity contribution in [1.82, 2.24) is 0 Å². The number of hydrogen-bond donors (Lipinski definition) is 2. The number of alkyl halides is 1. The summed E-state index contributed by atoms with van der Waals surface area (Å²) in [5.74, 6) is -0.705. The molecule has 0 radical (unpaired) electrons. The molecule has 0 bridgehead atoms. The van der Waals surface area contributed by atoms with Gasteiger partial charge in [-0.2, -0.15) is 0 Å². The third-order valence-electron chi connectivity index (χ3n) is 1.81. The van der Waals surface area contributed by atoms with E-state index in [0.717, 1.165) is 0 Å². The number of carbonyl (C=O) groups is 1. The van der Waals surface area contributed by atoms with E-state index < -0.39 is 5.97 Å². The van der Waals surface area contributed by atoms with E-state index in [2.05, 4.69) is 9.73 Å². The molecule has 0 aliphatic carbocycles. The molecule has 0 fully saturated rings. The van der Waals surface area contributed by atoms with Crippen LogP contribution in [0, 0.1) is 0 Å². The van der Waals surface area contributed by atoms with Crippen molar-refractivity contribution in [1.29, 1.82) is 0 Å². The van der Waals surface area contributed by atoms with Gasteiger partial charge >= 0.3 is 5.97 Å².